The Morgan fingerprint density at radius 3 is 1.93 bits per heavy atom. The lowest BCUT2D eigenvalue weighted by atomic mass is 10.1. The van der Waals surface area contributed by atoms with E-state index in [2.05, 4.69) is 4.72 Å². The van der Waals surface area contributed by atoms with Gasteiger partial charge in [0.1, 0.15) is 0 Å². The molecule has 0 bridgehead atoms. The van der Waals surface area contributed by atoms with E-state index < -0.39 is 21.3 Å². The van der Waals surface area contributed by atoms with Crippen molar-refractivity contribution in [3.63, 3.8) is 0 Å². The van der Waals surface area contributed by atoms with Crippen LogP contribution in [0.4, 0.5) is 0 Å². The quantitative estimate of drug-likeness (QED) is 0.689. The Bertz CT molecular complexity index is 296. The molecule has 14 heavy (non-hydrogen) atoms. The van der Waals surface area contributed by atoms with E-state index in [1.807, 2.05) is 13.8 Å². The summed E-state index contributed by atoms with van der Waals surface area (Å²) in [4.78, 5) is 0.184. The van der Waals surface area contributed by atoms with E-state index >= 15 is 0 Å². The van der Waals surface area contributed by atoms with Crippen LogP contribution in [0, 0.1) is 5.92 Å². The van der Waals surface area contributed by atoms with Crippen LogP contribution in [-0.4, -0.2) is 24.7 Å². The summed E-state index contributed by atoms with van der Waals surface area (Å²) in [5.41, 5.74) is 5.45. The second-order valence-electron chi connectivity index (χ2n) is 3.84. The average Bonchev–Trinajstić information content (AvgIpc) is 1.98. The summed E-state index contributed by atoms with van der Waals surface area (Å²) >= 11 is 4.80. The summed E-state index contributed by atoms with van der Waals surface area (Å²) in [6, 6.07) is -0.461. The lowest BCUT2D eigenvalue weighted by Gasteiger charge is -2.22. The minimum absolute atomic E-state index is 0.0565. The van der Waals surface area contributed by atoms with Gasteiger partial charge in [-0.2, -0.15) is 0 Å². The Morgan fingerprint density at radius 1 is 1.29 bits per heavy atom. The highest BCUT2D eigenvalue weighted by molar-refractivity contribution is 7.90. The van der Waals surface area contributed by atoms with Gasteiger partial charge in [0, 0.05) is 0 Å². The monoisotopic (exact) mass is 238 g/mol. The fourth-order valence-corrected chi connectivity index (χ4v) is 2.27. The van der Waals surface area contributed by atoms with Crippen LogP contribution in [0.15, 0.2) is 0 Å². The van der Waals surface area contributed by atoms with E-state index in [-0.39, 0.29) is 10.9 Å². The lowest BCUT2D eigenvalue weighted by molar-refractivity contribution is 0.521. The summed E-state index contributed by atoms with van der Waals surface area (Å²) in [7, 11) is -3.30. The van der Waals surface area contributed by atoms with E-state index in [9.17, 15) is 8.42 Å². The predicted octanol–water partition coefficient (Wildman–Crippen LogP) is 0.625. The fraction of sp³-hybridized carbons (Fsp3) is 0.875. The van der Waals surface area contributed by atoms with Crippen molar-refractivity contribution in [3.05, 3.63) is 0 Å². The third-order valence-corrected chi connectivity index (χ3v) is 3.96. The Labute approximate surface area is 91.3 Å². The molecule has 6 heteroatoms. The van der Waals surface area contributed by atoms with Crippen molar-refractivity contribution in [2.45, 2.75) is 39.0 Å². The van der Waals surface area contributed by atoms with E-state index in [0.29, 0.717) is 0 Å². The summed E-state index contributed by atoms with van der Waals surface area (Å²) in [5.74, 6) is 0.0565. The van der Waals surface area contributed by atoms with Gasteiger partial charge in [-0.3, -0.25) is 0 Å². The maximum absolute atomic E-state index is 11.5. The number of nitrogens with one attached hydrogen (secondary N) is 1. The van der Waals surface area contributed by atoms with Gasteiger partial charge in [0.25, 0.3) is 0 Å². The van der Waals surface area contributed by atoms with Crippen molar-refractivity contribution < 1.29 is 8.42 Å². The number of thiocarbonyl (C=S) groups is 1. The van der Waals surface area contributed by atoms with Crippen LogP contribution in [0.1, 0.15) is 27.7 Å². The first-order valence-corrected chi connectivity index (χ1v) is 6.44. The highest BCUT2D eigenvalue weighted by atomic mass is 32.2. The molecular formula is C8H18N2O2S2. The van der Waals surface area contributed by atoms with Gasteiger partial charge in [0.05, 0.1) is 16.3 Å². The van der Waals surface area contributed by atoms with Gasteiger partial charge >= 0.3 is 0 Å². The molecule has 0 aliphatic carbocycles. The third kappa shape index (κ3) is 3.89. The van der Waals surface area contributed by atoms with Crippen LogP contribution in [-0.2, 0) is 10.0 Å². The molecule has 0 aliphatic heterocycles. The molecule has 0 saturated carbocycles. The van der Waals surface area contributed by atoms with Gasteiger partial charge in [0.2, 0.25) is 10.0 Å². The Balaban J connectivity index is 4.71. The Hall–Kier alpha value is -0.200. The van der Waals surface area contributed by atoms with Crippen LogP contribution in [0.3, 0.4) is 0 Å². The average molecular weight is 238 g/mol. The minimum atomic E-state index is -3.30. The highest BCUT2D eigenvalue weighted by Crippen LogP contribution is 2.06. The van der Waals surface area contributed by atoms with Crippen LogP contribution < -0.4 is 10.5 Å². The molecule has 0 aliphatic rings. The maximum atomic E-state index is 11.5. The van der Waals surface area contributed by atoms with Crippen LogP contribution in [0.5, 0.6) is 0 Å². The first-order valence-electron chi connectivity index (χ1n) is 4.49. The molecule has 0 aromatic heterocycles. The van der Waals surface area contributed by atoms with Gasteiger partial charge in [-0.1, -0.05) is 26.1 Å². The van der Waals surface area contributed by atoms with Gasteiger partial charge in [-0.25, -0.2) is 13.1 Å². The summed E-state index contributed by atoms with van der Waals surface area (Å²) < 4.78 is 25.5. The van der Waals surface area contributed by atoms with Gasteiger partial charge in [-0.05, 0) is 19.8 Å². The maximum Gasteiger partial charge on any atom is 0.214 e. The van der Waals surface area contributed by atoms with Crippen molar-refractivity contribution in [2.75, 3.05) is 0 Å². The van der Waals surface area contributed by atoms with E-state index in [1.54, 1.807) is 13.8 Å². The molecule has 4 nitrogen and oxygen atoms in total. The normalized spacial score (nSPS) is 14.7. The lowest BCUT2D eigenvalue weighted by Crippen LogP contribution is -2.48. The number of rotatable bonds is 5. The van der Waals surface area contributed by atoms with E-state index in [1.165, 1.54) is 0 Å². The summed E-state index contributed by atoms with van der Waals surface area (Å²) in [6.45, 7) is 6.96. The summed E-state index contributed by atoms with van der Waals surface area (Å²) in [6.07, 6.45) is 0. The molecule has 0 amide bonds. The molecule has 1 unspecified atom stereocenters. The smallest absolute Gasteiger partial charge is 0.214 e. The second kappa shape index (κ2) is 5.04. The van der Waals surface area contributed by atoms with Crippen molar-refractivity contribution in [1.82, 2.24) is 4.72 Å². The first-order chi connectivity index (χ1) is 6.18. The zero-order valence-corrected chi connectivity index (χ0v) is 10.6. The molecule has 0 fully saturated rings. The fourth-order valence-electron chi connectivity index (χ4n) is 0.836. The Kier molecular flexibility index (Phi) is 4.97. The highest BCUT2D eigenvalue weighted by Gasteiger charge is 2.24. The van der Waals surface area contributed by atoms with E-state index in [0.717, 1.165) is 0 Å². The van der Waals surface area contributed by atoms with Crippen molar-refractivity contribution in [3.8, 4) is 0 Å². The zero-order valence-electron chi connectivity index (χ0n) is 8.94. The van der Waals surface area contributed by atoms with Crippen molar-refractivity contribution >= 4 is 27.2 Å². The zero-order chi connectivity index (χ0) is 11.5. The molecule has 84 valence electrons. The molecule has 0 aromatic rings. The molecule has 0 rings (SSSR count). The molecule has 0 spiro atoms. The largest absolute Gasteiger partial charge is 0.392 e. The summed E-state index contributed by atoms with van der Waals surface area (Å²) in [5, 5.41) is -0.474. The standard InChI is InChI=1S/C8H18N2O2S2/c1-5(2)7(8(9)13)10-14(11,12)6(3)4/h5-7,10H,1-4H3,(H2,9,13). The number of nitrogens with two attached hydrogens (primary N) is 1. The molecule has 1 atom stereocenters. The van der Waals surface area contributed by atoms with Gasteiger partial charge in [-0.15, -0.1) is 0 Å². The molecule has 3 N–H and O–H groups in total. The number of hydrogen-bond donors (Lipinski definition) is 2. The number of sulfonamides is 1. The second-order valence-corrected chi connectivity index (χ2v) is 6.58. The minimum Gasteiger partial charge on any atom is -0.392 e. The molecular weight excluding hydrogens is 220 g/mol. The SMILES string of the molecule is CC(C)C(NS(=O)(=O)C(C)C)C(N)=S. The molecule has 0 aromatic carbocycles. The third-order valence-electron chi connectivity index (χ3n) is 1.89. The molecule has 0 saturated heterocycles. The van der Waals surface area contributed by atoms with Crippen LogP contribution in [0.2, 0.25) is 0 Å². The molecule has 0 heterocycles. The topological polar surface area (TPSA) is 72.2 Å². The van der Waals surface area contributed by atoms with Crippen LogP contribution in [0.25, 0.3) is 0 Å². The van der Waals surface area contributed by atoms with Gasteiger partial charge < -0.3 is 5.73 Å². The van der Waals surface area contributed by atoms with E-state index in [4.69, 9.17) is 18.0 Å². The predicted molar refractivity (Wildman–Crippen MR) is 62.6 cm³/mol. The Morgan fingerprint density at radius 2 is 1.71 bits per heavy atom. The molecule has 0 radical (unpaired) electrons. The first kappa shape index (κ1) is 13.8. The van der Waals surface area contributed by atoms with Crippen LogP contribution >= 0.6 is 12.2 Å². The number of hydrogen-bond acceptors (Lipinski definition) is 3. The van der Waals surface area contributed by atoms with Crippen molar-refractivity contribution in [2.24, 2.45) is 11.7 Å². The van der Waals surface area contributed by atoms with Gasteiger partial charge in [0.15, 0.2) is 0 Å². The van der Waals surface area contributed by atoms with Crippen molar-refractivity contribution in [1.29, 1.82) is 0 Å².